The molecule has 1 aliphatic heterocycles. The van der Waals surface area contributed by atoms with Crippen LogP contribution in [0.4, 0.5) is 0 Å². The average molecular weight is 383 g/mol. The summed E-state index contributed by atoms with van der Waals surface area (Å²) < 4.78 is 10.6. The van der Waals surface area contributed by atoms with Gasteiger partial charge < -0.3 is 24.6 Å². The second-order valence-electron chi connectivity index (χ2n) is 6.20. The molecule has 3 rings (SSSR count). The number of aliphatic hydroxyl groups is 2. The van der Waals surface area contributed by atoms with Gasteiger partial charge in [-0.25, -0.2) is 0 Å². The minimum atomic E-state index is -0.854. The average Bonchev–Trinajstić information content (AvgIpc) is 2.98. The molecule has 1 amide bonds. The molecule has 2 N–H and O–H groups in total. The molecule has 2 aromatic carbocycles. The molecule has 0 aliphatic carbocycles. The van der Waals surface area contributed by atoms with Crippen LogP contribution in [0.15, 0.2) is 54.1 Å². The highest BCUT2D eigenvalue weighted by atomic mass is 16.5. The molecule has 146 valence electrons. The molecule has 28 heavy (non-hydrogen) atoms. The number of rotatable bonds is 6. The normalized spacial score (nSPS) is 18.4. The monoisotopic (exact) mass is 383 g/mol. The Hall–Kier alpha value is -3.32. The number of aliphatic hydroxyl groups excluding tert-OH is 2. The highest BCUT2D eigenvalue weighted by Gasteiger charge is 2.46. The fraction of sp³-hybridized carbons (Fsp3) is 0.238. The highest BCUT2D eigenvalue weighted by Crippen LogP contribution is 2.41. The number of likely N-dealkylation sites (tertiary alicyclic amines) is 1. The SMILES string of the molecule is COc1ccc([C@@H]2/C(=C(\O)c3ccccc3)C(=O)C(=O)N2CCO)cc1OC. The minimum Gasteiger partial charge on any atom is -0.507 e. The maximum atomic E-state index is 12.7. The number of ketones is 1. The Morgan fingerprint density at radius 2 is 1.71 bits per heavy atom. The van der Waals surface area contributed by atoms with Crippen molar-refractivity contribution < 1.29 is 29.3 Å². The molecular formula is C21H21NO6. The summed E-state index contributed by atoms with van der Waals surface area (Å²) in [5.74, 6) is -0.914. The molecule has 7 nitrogen and oxygen atoms in total. The van der Waals surface area contributed by atoms with Crippen LogP contribution >= 0.6 is 0 Å². The van der Waals surface area contributed by atoms with E-state index < -0.39 is 17.7 Å². The first-order chi connectivity index (χ1) is 13.5. The molecule has 0 radical (unpaired) electrons. The number of amides is 1. The lowest BCUT2D eigenvalue weighted by Gasteiger charge is -2.25. The Labute approximate surface area is 162 Å². The van der Waals surface area contributed by atoms with Gasteiger partial charge in [0.1, 0.15) is 5.76 Å². The van der Waals surface area contributed by atoms with Crippen molar-refractivity contribution in [1.29, 1.82) is 0 Å². The number of benzene rings is 2. The van der Waals surface area contributed by atoms with Crippen molar-refractivity contribution in [2.45, 2.75) is 6.04 Å². The fourth-order valence-electron chi connectivity index (χ4n) is 3.34. The van der Waals surface area contributed by atoms with Gasteiger partial charge in [0, 0.05) is 12.1 Å². The lowest BCUT2D eigenvalue weighted by atomic mass is 9.95. The van der Waals surface area contributed by atoms with Crippen molar-refractivity contribution in [3.05, 3.63) is 65.2 Å². The zero-order valence-corrected chi connectivity index (χ0v) is 15.6. The van der Waals surface area contributed by atoms with Gasteiger partial charge in [0.2, 0.25) is 0 Å². The maximum absolute atomic E-state index is 12.7. The number of ether oxygens (including phenoxy) is 2. The number of Topliss-reactive ketones (excluding diaryl/α,β-unsaturated/α-hetero) is 1. The Bertz CT molecular complexity index is 922. The molecule has 1 saturated heterocycles. The Morgan fingerprint density at radius 3 is 2.32 bits per heavy atom. The summed E-state index contributed by atoms with van der Waals surface area (Å²) in [7, 11) is 2.99. The highest BCUT2D eigenvalue weighted by molar-refractivity contribution is 6.46. The molecule has 0 unspecified atom stereocenters. The summed E-state index contributed by atoms with van der Waals surface area (Å²) in [4.78, 5) is 26.5. The Balaban J connectivity index is 2.20. The lowest BCUT2D eigenvalue weighted by Crippen LogP contribution is -2.32. The van der Waals surface area contributed by atoms with Crippen molar-refractivity contribution >= 4 is 17.4 Å². The number of hydrogen-bond acceptors (Lipinski definition) is 6. The van der Waals surface area contributed by atoms with Crippen LogP contribution in [0.5, 0.6) is 11.5 Å². The van der Waals surface area contributed by atoms with Gasteiger partial charge in [-0.2, -0.15) is 0 Å². The van der Waals surface area contributed by atoms with Gasteiger partial charge in [-0.1, -0.05) is 36.4 Å². The van der Waals surface area contributed by atoms with Gasteiger partial charge in [-0.3, -0.25) is 9.59 Å². The lowest BCUT2D eigenvalue weighted by molar-refractivity contribution is -0.140. The van der Waals surface area contributed by atoms with Gasteiger partial charge in [-0.15, -0.1) is 0 Å². The summed E-state index contributed by atoms with van der Waals surface area (Å²) >= 11 is 0. The Morgan fingerprint density at radius 1 is 1.04 bits per heavy atom. The number of methoxy groups -OCH3 is 2. The quantitative estimate of drug-likeness (QED) is 0.451. The molecule has 1 heterocycles. The molecule has 0 aromatic heterocycles. The van der Waals surface area contributed by atoms with Crippen LogP contribution in [0.25, 0.3) is 5.76 Å². The van der Waals surface area contributed by atoms with E-state index in [9.17, 15) is 19.8 Å². The largest absolute Gasteiger partial charge is 0.507 e. The summed E-state index contributed by atoms with van der Waals surface area (Å²) in [6.45, 7) is -0.364. The van der Waals surface area contributed by atoms with E-state index in [2.05, 4.69) is 0 Å². The summed E-state index contributed by atoms with van der Waals surface area (Å²) in [5, 5.41) is 20.2. The Kier molecular flexibility index (Phi) is 5.65. The fourth-order valence-corrected chi connectivity index (χ4v) is 3.34. The molecule has 1 aliphatic rings. The zero-order valence-electron chi connectivity index (χ0n) is 15.6. The zero-order chi connectivity index (χ0) is 20.3. The number of hydrogen-bond donors (Lipinski definition) is 2. The third kappa shape index (κ3) is 3.32. The molecule has 0 saturated carbocycles. The van der Waals surface area contributed by atoms with E-state index in [4.69, 9.17) is 9.47 Å². The van der Waals surface area contributed by atoms with Crippen molar-refractivity contribution in [3.63, 3.8) is 0 Å². The van der Waals surface area contributed by atoms with Crippen molar-refractivity contribution in [2.24, 2.45) is 0 Å². The first-order valence-electron chi connectivity index (χ1n) is 8.70. The standard InChI is InChI=1S/C21H21NO6/c1-27-15-9-8-14(12-16(15)28-2)18-17(19(24)13-6-4-3-5-7-13)20(25)21(26)22(18)10-11-23/h3-9,12,18,23-24H,10-11H2,1-2H3/b19-17+/t18-/m1/s1. The predicted molar refractivity (Wildman–Crippen MR) is 102 cm³/mol. The van der Waals surface area contributed by atoms with Crippen LogP contribution in [-0.4, -0.2) is 54.2 Å². The first-order valence-corrected chi connectivity index (χ1v) is 8.70. The molecule has 2 aromatic rings. The molecule has 1 atom stereocenters. The number of carbonyl (C=O) groups is 2. The number of β-amino-alcohol motifs (C(OH)–C–C–N with tert-alkyl or cyclic N) is 1. The van der Waals surface area contributed by atoms with Gasteiger partial charge in [0.05, 0.1) is 32.4 Å². The van der Waals surface area contributed by atoms with Crippen LogP contribution in [0, 0.1) is 0 Å². The maximum Gasteiger partial charge on any atom is 0.295 e. The van der Waals surface area contributed by atoms with Gasteiger partial charge in [-0.05, 0) is 17.7 Å². The number of carbonyl (C=O) groups excluding carboxylic acids is 2. The van der Waals surface area contributed by atoms with Crippen molar-refractivity contribution in [1.82, 2.24) is 4.90 Å². The third-order valence-electron chi connectivity index (χ3n) is 4.65. The van der Waals surface area contributed by atoms with Crippen LogP contribution in [0.3, 0.4) is 0 Å². The summed E-state index contributed by atoms with van der Waals surface area (Å²) in [6.07, 6.45) is 0. The topological polar surface area (TPSA) is 96.3 Å². The van der Waals surface area contributed by atoms with E-state index in [0.29, 0.717) is 22.6 Å². The third-order valence-corrected chi connectivity index (χ3v) is 4.65. The minimum absolute atomic E-state index is 0.0307. The summed E-state index contributed by atoms with van der Waals surface area (Å²) in [5.41, 5.74) is 0.953. The van der Waals surface area contributed by atoms with Crippen LogP contribution < -0.4 is 9.47 Å². The van der Waals surface area contributed by atoms with Gasteiger partial charge >= 0.3 is 0 Å². The van der Waals surface area contributed by atoms with Crippen LogP contribution in [0.1, 0.15) is 17.2 Å². The van der Waals surface area contributed by atoms with E-state index in [-0.39, 0.29) is 24.5 Å². The molecule has 0 spiro atoms. The number of nitrogens with zero attached hydrogens (tertiary/aromatic N) is 1. The smallest absolute Gasteiger partial charge is 0.295 e. The van der Waals surface area contributed by atoms with Crippen LogP contribution in [0.2, 0.25) is 0 Å². The van der Waals surface area contributed by atoms with Crippen molar-refractivity contribution in [3.8, 4) is 11.5 Å². The predicted octanol–water partition coefficient (Wildman–Crippen LogP) is 2.12. The second-order valence-corrected chi connectivity index (χ2v) is 6.20. The molecular weight excluding hydrogens is 362 g/mol. The van der Waals surface area contributed by atoms with Crippen LogP contribution in [-0.2, 0) is 9.59 Å². The van der Waals surface area contributed by atoms with E-state index in [0.717, 1.165) is 0 Å². The molecule has 7 heteroatoms. The summed E-state index contributed by atoms with van der Waals surface area (Å²) in [6, 6.07) is 12.7. The van der Waals surface area contributed by atoms with E-state index in [1.165, 1.54) is 19.1 Å². The van der Waals surface area contributed by atoms with E-state index >= 15 is 0 Å². The molecule has 0 bridgehead atoms. The second kappa shape index (κ2) is 8.14. The van der Waals surface area contributed by atoms with Gasteiger partial charge in [0.25, 0.3) is 11.7 Å². The van der Waals surface area contributed by atoms with Gasteiger partial charge in [0.15, 0.2) is 11.5 Å². The molecule has 1 fully saturated rings. The van der Waals surface area contributed by atoms with Crippen molar-refractivity contribution in [2.75, 3.05) is 27.4 Å². The van der Waals surface area contributed by atoms with E-state index in [1.807, 2.05) is 0 Å². The van der Waals surface area contributed by atoms with E-state index in [1.54, 1.807) is 48.5 Å². The first kappa shape index (κ1) is 19.4.